The molecule has 1 aromatic rings. The number of nitrogens with one attached hydrogen (secondary N) is 1. The van der Waals surface area contributed by atoms with Gasteiger partial charge in [-0.15, -0.1) is 0 Å². The largest absolute Gasteiger partial charge is 0.310 e. The van der Waals surface area contributed by atoms with Crippen molar-refractivity contribution in [2.45, 2.75) is 64.8 Å². The van der Waals surface area contributed by atoms with E-state index in [1.807, 2.05) is 0 Å². The van der Waals surface area contributed by atoms with Crippen LogP contribution in [-0.2, 0) is 0 Å². The standard InChI is InChI=1S/C17H28BrN/c1-3-4-5-6-7-8-9-13-19-15(2)16-11-10-12-17(18)14-16/h10-12,14-15,19H,3-9,13H2,1-2H3/t15-/m0/s1. The fourth-order valence-electron chi connectivity index (χ4n) is 2.29. The maximum atomic E-state index is 3.61. The third-order valence-corrected chi connectivity index (χ3v) is 4.07. The minimum absolute atomic E-state index is 0.442. The predicted octanol–water partition coefficient (Wildman–Crippen LogP) is 5.85. The second kappa shape index (κ2) is 10.4. The molecule has 1 nitrogen and oxygen atoms in total. The first-order chi connectivity index (χ1) is 9.24. The number of hydrogen-bond acceptors (Lipinski definition) is 1. The molecule has 1 rings (SSSR count). The van der Waals surface area contributed by atoms with Gasteiger partial charge in [-0.2, -0.15) is 0 Å². The molecule has 108 valence electrons. The summed E-state index contributed by atoms with van der Waals surface area (Å²) in [5.74, 6) is 0. The van der Waals surface area contributed by atoms with E-state index >= 15 is 0 Å². The summed E-state index contributed by atoms with van der Waals surface area (Å²) < 4.78 is 1.16. The zero-order valence-electron chi connectivity index (χ0n) is 12.4. The molecular weight excluding hydrogens is 298 g/mol. The molecule has 0 amide bonds. The van der Waals surface area contributed by atoms with E-state index in [4.69, 9.17) is 0 Å². The molecule has 0 aliphatic carbocycles. The SMILES string of the molecule is CCCCCCCCCN[C@@H](C)c1cccc(Br)c1. The highest BCUT2D eigenvalue weighted by atomic mass is 79.9. The molecule has 0 heterocycles. The zero-order valence-corrected chi connectivity index (χ0v) is 14.0. The Bertz CT molecular complexity index is 338. The van der Waals surface area contributed by atoms with E-state index in [9.17, 15) is 0 Å². The van der Waals surface area contributed by atoms with Crippen molar-refractivity contribution in [3.63, 3.8) is 0 Å². The molecule has 1 N–H and O–H groups in total. The molecule has 0 saturated carbocycles. The van der Waals surface area contributed by atoms with Crippen LogP contribution in [0.25, 0.3) is 0 Å². The topological polar surface area (TPSA) is 12.0 Å². The summed E-state index contributed by atoms with van der Waals surface area (Å²) in [6.45, 7) is 5.64. The van der Waals surface area contributed by atoms with Gasteiger partial charge in [0.05, 0.1) is 0 Å². The van der Waals surface area contributed by atoms with E-state index in [-0.39, 0.29) is 0 Å². The van der Waals surface area contributed by atoms with E-state index in [0.717, 1.165) is 11.0 Å². The first-order valence-corrected chi connectivity index (χ1v) is 8.52. The van der Waals surface area contributed by atoms with Crippen molar-refractivity contribution < 1.29 is 0 Å². The van der Waals surface area contributed by atoms with Gasteiger partial charge in [0.15, 0.2) is 0 Å². The van der Waals surface area contributed by atoms with Crippen molar-refractivity contribution in [3.8, 4) is 0 Å². The maximum Gasteiger partial charge on any atom is 0.0292 e. The fourth-order valence-corrected chi connectivity index (χ4v) is 2.71. The molecule has 2 heteroatoms. The van der Waals surface area contributed by atoms with E-state index in [2.05, 4.69) is 59.4 Å². The van der Waals surface area contributed by atoms with Gasteiger partial charge in [0, 0.05) is 10.5 Å². The number of unbranched alkanes of at least 4 members (excludes halogenated alkanes) is 6. The minimum Gasteiger partial charge on any atom is -0.310 e. The van der Waals surface area contributed by atoms with Crippen LogP contribution in [0.2, 0.25) is 0 Å². The molecule has 0 saturated heterocycles. The van der Waals surface area contributed by atoms with Gasteiger partial charge in [0.1, 0.15) is 0 Å². The third kappa shape index (κ3) is 7.74. The monoisotopic (exact) mass is 325 g/mol. The van der Waals surface area contributed by atoms with Crippen molar-refractivity contribution in [1.29, 1.82) is 0 Å². The number of halogens is 1. The van der Waals surface area contributed by atoms with Crippen molar-refractivity contribution in [1.82, 2.24) is 5.32 Å². The Morgan fingerprint density at radius 2 is 1.74 bits per heavy atom. The van der Waals surface area contributed by atoms with E-state index in [0.29, 0.717) is 6.04 Å². The molecule has 19 heavy (non-hydrogen) atoms. The van der Waals surface area contributed by atoms with Crippen LogP contribution in [0.15, 0.2) is 28.7 Å². The summed E-state index contributed by atoms with van der Waals surface area (Å²) in [4.78, 5) is 0. The van der Waals surface area contributed by atoms with Crippen LogP contribution in [0.4, 0.5) is 0 Å². The van der Waals surface area contributed by atoms with Crippen LogP contribution in [-0.4, -0.2) is 6.54 Å². The molecule has 1 atom stereocenters. The van der Waals surface area contributed by atoms with E-state index in [1.54, 1.807) is 0 Å². The molecule has 0 fully saturated rings. The second-order valence-corrected chi connectivity index (χ2v) is 6.27. The first-order valence-electron chi connectivity index (χ1n) is 7.73. The highest BCUT2D eigenvalue weighted by Gasteiger charge is 2.04. The summed E-state index contributed by atoms with van der Waals surface area (Å²) >= 11 is 3.53. The van der Waals surface area contributed by atoms with Crippen LogP contribution < -0.4 is 5.32 Å². The lowest BCUT2D eigenvalue weighted by Gasteiger charge is -2.14. The summed E-state index contributed by atoms with van der Waals surface area (Å²) in [5.41, 5.74) is 1.36. The van der Waals surface area contributed by atoms with Gasteiger partial charge < -0.3 is 5.32 Å². The average molecular weight is 326 g/mol. The lowest BCUT2D eigenvalue weighted by atomic mass is 10.1. The minimum atomic E-state index is 0.442. The van der Waals surface area contributed by atoms with Gasteiger partial charge in [0.2, 0.25) is 0 Å². The highest BCUT2D eigenvalue weighted by molar-refractivity contribution is 9.10. The molecule has 0 aromatic heterocycles. The van der Waals surface area contributed by atoms with Gasteiger partial charge in [0.25, 0.3) is 0 Å². The van der Waals surface area contributed by atoms with Gasteiger partial charge in [-0.3, -0.25) is 0 Å². The molecule has 0 bridgehead atoms. The number of rotatable bonds is 10. The lowest BCUT2D eigenvalue weighted by Crippen LogP contribution is -2.19. The molecular formula is C17H28BrN. The Morgan fingerprint density at radius 1 is 1.05 bits per heavy atom. The third-order valence-electron chi connectivity index (χ3n) is 3.58. The van der Waals surface area contributed by atoms with Crippen LogP contribution in [0.5, 0.6) is 0 Å². The molecule has 0 aliphatic heterocycles. The number of benzene rings is 1. The smallest absolute Gasteiger partial charge is 0.0292 e. The summed E-state index contributed by atoms with van der Waals surface area (Å²) in [6.07, 6.45) is 9.62. The molecule has 0 spiro atoms. The second-order valence-electron chi connectivity index (χ2n) is 5.35. The zero-order chi connectivity index (χ0) is 13.9. The Labute approximate surface area is 127 Å². The number of hydrogen-bond donors (Lipinski definition) is 1. The summed E-state index contributed by atoms with van der Waals surface area (Å²) in [5, 5.41) is 3.61. The van der Waals surface area contributed by atoms with Crippen LogP contribution in [0.3, 0.4) is 0 Å². The maximum absolute atomic E-state index is 3.61. The van der Waals surface area contributed by atoms with E-state index in [1.165, 1.54) is 50.5 Å². The Hall–Kier alpha value is -0.340. The van der Waals surface area contributed by atoms with Gasteiger partial charge in [-0.25, -0.2) is 0 Å². The van der Waals surface area contributed by atoms with E-state index < -0.39 is 0 Å². The van der Waals surface area contributed by atoms with Crippen molar-refractivity contribution in [3.05, 3.63) is 34.3 Å². The van der Waals surface area contributed by atoms with Crippen LogP contribution in [0, 0.1) is 0 Å². The normalized spacial score (nSPS) is 12.6. The lowest BCUT2D eigenvalue weighted by molar-refractivity contribution is 0.524. The Balaban J connectivity index is 2.06. The average Bonchev–Trinajstić information content (AvgIpc) is 2.41. The summed E-state index contributed by atoms with van der Waals surface area (Å²) in [6, 6.07) is 9.01. The molecule has 0 aliphatic rings. The highest BCUT2D eigenvalue weighted by Crippen LogP contribution is 2.17. The molecule has 0 unspecified atom stereocenters. The van der Waals surface area contributed by atoms with Gasteiger partial charge >= 0.3 is 0 Å². The fraction of sp³-hybridized carbons (Fsp3) is 0.647. The quantitative estimate of drug-likeness (QED) is 0.532. The van der Waals surface area contributed by atoms with Gasteiger partial charge in [-0.05, 0) is 37.6 Å². The molecule has 1 aromatic carbocycles. The van der Waals surface area contributed by atoms with Crippen LogP contribution >= 0.6 is 15.9 Å². The Morgan fingerprint density at radius 3 is 2.42 bits per heavy atom. The predicted molar refractivity (Wildman–Crippen MR) is 88.6 cm³/mol. The van der Waals surface area contributed by atoms with Crippen molar-refractivity contribution >= 4 is 15.9 Å². The Kier molecular flexibility index (Phi) is 9.19. The summed E-state index contributed by atoms with van der Waals surface area (Å²) in [7, 11) is 0. The van der Waals surface area contributed by atoms with Gasteiger partial charge in [-0.1, -0.05) is 73.5 Å². The van der Waals surface area contributed by atoms with Crippen LogP contribution in [0.1, 0.15) is 70.4 Å². The van der Waals surface area contributed by atoms with Crippen molar-refractivity contribution in [2.24, 2.45) is 0 Å². The molecule has 0 radical (unpaired) electrons. The van der Waals surface area contributed by atoms with Crippen molar-refractivity contribution in [2.75, 3.05) is 6.54 Å². The first kappa shape index (κ1) is 16.7.